The zero-order chi connectivity index (χ0) is 20.9. The first-order chi connectivity index (χ1) is 13.1. The predicted molar refractivity (Wildman–Crippen MR) is 106 cm³/mol. The Morgan fingerprint density at radius 3 is 2.39 bits per heavy atom. The van der Waals surface area contributed by atoms with Gasteiger partial charge in [-0.15, -0.1) is 0 Å². The highest BCUT2D eigenvalue weighted by atomic mass is 32.2. The summed E-state index contributed by atoms with van der Waals surface area (Å²) in [5.74, 6) is -1.65. The highest BCUT2D eigenvalue weighted by molar-refractivity contribution is 7.92. The Bertz CT molecular complexity index is 977. The first kappa shape index (κ1) is 21.4. The summed E-state index contributed by atoms with van der Waals surface area (Å²) in [6, 6.07) is 11.2. The molecule has 0 saturated heterocycles. The van der Waals surface area contributed by atoms with Gasteiger partial charge in [0.25, 0.3) is 5.91 Å². The van der Waals surface area contributed by atoms with E-state index >= 15 is 0 Å². The number of nitrogens with one attached hydrogen (secondary N) is 2. The third-order valence-electron chi connectivity index (χ3n) is 3.65. The molecule has 2 amide bonds. The molecule has 28 heavy (non-hydrogen) atoms. The maximum Gasteiger partial charge on any atom is 0.253 e. The molecular formula is C19H22FN3O4S. The SMILES string of the molecule is CC(C)NC(=O)c1ccccc1NC(=O)CN(c1cccc(F)c1)S(C)(=O)=O. The van der Waals surface area contributed by atoms with Gasteiger partial charge in [0.2, 0.25) is 15.9 Å². The molecule has 0 bridgehead atoms. The van der Waals surface area contributed by atoms with E-state index in [0.29, 0.717) is 0 Å². The predicted octanol–water partition coefficient (Wildman–Crippen LogP) is 2.37. The largest absolute Gasteiger partial charge is 0.350 e. The number of para-hydroxylation sites is 1. The number of hydrogen-bond donors (Lipinski definition) is 2. The number of carbonyl (C=O) groups is 2. The summed E-state index contributed by atoms with van der Waals surface area (Å²) in [4.78, 5) is 24.8. The minimum absolute atomic E-state index is 0.0310. The van der Waals surface area contributed by atoms with Crippen LogP contribution in [0.25, 0.3) is 0 Å². The third kappa shape index (κ3) is 5.78. The minimum atomic E-state index is -3.84. The van der Waals surface area contributed by atoms with E-state index in [1.807, 2.05) is 13.8 Å². The van der Waals surface area contributed by atoms with Crippen LogP contribution in [-0.2, 0) is 14.8 Å². The van der Waals surface area contributed by atoms with Crippen molar-refractivity contribution in [1.29, 1.82) is 0 Å². The van der Waals surface area contributed by atoms with Crippen LogP contribution in [0, 0.1) is 5.82 Å². The fourth-order valence-electron chi connectivity index (χ4n) is 2.48. The Balaban J connectivity index is 2.24. The number of nitrogens with zero attached hydrogens (tertiary/aromatic N) is 1. The van der Waals surface area contributed by atoms with E-state index in [4.69, 9.17) is 0 Å². The topological polar surface area (TPSA) is 95.6 Å². The van der Waals surface area contributed by atoms with Crippen molar-refractivity contribution in [2.75, 3.05) is 22.4 Å². The standard InChI is InChI=1S/C19H22FN3O4S/c1-13(2)21-19(25)16-9-4-5-10-17(16)22-18(24)12-23(28(3,26)27)15-8-6-7-14(20)11-15/h4-11,13H,12H2,1-3H3,(H,21,25)(H,22,24). The summed E-state index contributed by atoms with van der Waals surface area (Å²) in [6.45, 7) is 3.05. The molecule has 0 atom stereocenters. The maximum atomic E-state index is 13.5. The van der Waals surface area contributed by atoms with Crippen LogP contribution in [0.15, 0.2) is 48.5 Å². The summed E-state index contributed by atoms with van der Waals surface area (Å²) < 4.78 is 38.4. The smallest absolute Gasteiger partial charge is 0.253 e. The van der Waals surface area contributed by atoms with Gasteiger partial charge in [0.15, 0.2) is 0 Å². The fraction of sp³-hybridized carbons (Fsp3) is 0.263. The van der Waals surface area contributed by atoms with Gasteiger partial charge in [-0.1, -0.05) is 18.2 Å². The van der Waals surface area contributed by atoms with Gasteiger partial charge in [-0.25, -0.2) is 12.8 Å². The molecule has 0 heterocycles. The molecule has 2 N–H and O–H groups in total. The van der Waals surface area contributed by atoms with Crippen LogP contribution in [-0.4, -0.2) is 39.1 Å². The van der Waals surface area contributed by atoms with E-state index in [-0.39, 0.29) is 28.9 Å². The summed E-state index contributed by atoms with van der Waals surface area (Å²) >= 11 is 0. The van der Waals surface area contributed by atoms with Crippen LogP contribution < -0.4 is 14.9 Å². The first-order valence-corrected chi connectivity index (χ1v) is 10.4. The lowest BCUT2D eigenvalue weighted by atomic mass is 10.1. The molecule has 0 radical (unpaired) electrons. The minimum Gasteiger partial charge on any atom is -0.350 e. The molecule has 0 aromatic heterocycles. The molecular weight excluding hydrogens is 385 g/mol. The highest BCUT2D eigenvalue weighted by Crippen LogP contribution is 2.20. The van der Waals surface area contributed by atoms with E-state index in [2.05, 4.69) is 10.6 Å². The maximum absolute atomic E-state index is 13.5. The number of halogens is 1. The lowest BCUT2D eigenvalue weighted by Crippen LogP contribution is -2.38. The van der Waals surface area contributed by atoms with Crippen LogP contribution in [0.4, 0.5) is 15.8 Å². The molecule has 2 rings (SSSR count). The molecule has 9 heteroatoms. The van der Waals surface area contributed by atoms with Gasteiger partial charge >= 0.3 is 0 Å². The number of sulfonamides is 1. The molecule has 0 fully saturated rings. The lowest BCUT2D eigenvalue weighted by Gasteiger charge is -2.22. The van der Waals surface area contributed by atoms with Crippen LogP contribution >= 0.6 is 0 Å². The van der Waals surface area contributed by atoms with E-state index in [1.165, 1.54) is 18.2 Å². The fourth-order valence-corrected chi connectivity index (χ4v) is 3.33. The van der Waals surface area contributed by atoms with Gasteiger partial charge in [-0.05, 0) is 44.2 Å². The number of anilines is 2. The molecule has 2 aromatic carbocycles. The lowest BCUT2D eigenvalue weighted by molar-refractivity contribution is -0.114. The average Bonchev–Trinajstić information content (AvgIpc) is 2.58. The first-order valence-electron chi connectivity index (χ1n) is 8.51. The van der Waals surface area contributed by atoms with Gasteiger partial charge < -0.3 is 10.6 Å². The Morgan fingerprint density at radius 1 is 1.11 bits per heavy atom. The number of amides is 2. The third-order valence-corrected chi connectivity index (χ3v) is 4.79. The van der Waals surface area contributed by atoms with Gasteiger partial charge in [0, 0.05) is 6.04 Å². The van der Waals surface area contributed by atoms with E-state index in [1.54, 1.807) is 24.3 Å². The van der Waals surface area contributed by atoms with Crippen molar-refractivity contribution in [1.82, 2.24) is 5.32 Å². The van der Waals surface area contributed by atoms with Crippen molar-refractivity contribution in [3.8, 4) is 0 Å². The number of hydrogen-bond acceptors (Lipinski definition) is 4. The van der Waals surface area contributed by atoms with Gasteiger partial charge in [-0.3, -0.25) is 13.9 Å². The van der Waals surface area contributed by atoms with Gasteiger partial charge in [0.1, 0.15) is 12.4 Å². The van der Waals surface area contributed by atoms with E-state index in [9.17, 15) is 22.4 Å². The number of carbonyl (C=O) groups excluding carboxylic acids is 2. The number of benzene rings is 2. The zero-order valence-electron chi connectivity index (χ0n) is 15.8. The second kappa shape index (κ2) is 8.83. The second-order valence-electron chi connectivity index (χ2n) is 6.47. The molecule has 0 aliphatic heterocycles. The van der Waals surface area contributed by atoms with Crippen molar-refractivity contribution in [2.45, 2.75) is 19.9 Å². The molecule has 7 nitrogen and oxygen atoms in total. The van der Waals surface area contributed by atoms with Gasteiger partial charge in [0.05, 0.1) is 23.2 Å². The second-order valence-corrected chi connectivity index (χ2v) is 8.38. The van der Waals surface area contributed by atoms with Crippen molar-refractivity contribution >= 4 is 33.2 Å². The van der Waals surface area contributed by atoms with Crippen LogP contribution in [0.3, 0.4) is 0 Å². The Labute approximate surface area is 163 Å². The van der Waals surface area contributed by atoms with Crippen LogP contribution in [0.2, 0.25) is 0 Å². The summed E-state index contributed by atoms with van der Waals surface area (Å²) in [7, 11) is -3.84. The molecule has 0 aliphatic carbocycles. The normalized spacial score (nSPS) is 11.2. The molecule has 0 spiro atoms. The highest BCUT2D eigenvalue weighted by Gasteiger charge is 2.22. The summed E-state index contributed by atoms with van der Waals surface area (Å²) in [5, 5.41) is 5.28. The Hall–Kier alpha value is -2.94. The number of rotatable bonds is 7. The summed E-state index contributed by atoms with van der Waals surface area (Å²) in [5.41, 5.74) is 0.531. The van der Waals surface area contributed by atoms with Crippen molar-refractivity contribution in [2.24, 2.45) is 0 Å². The van der Waals surface area contributed by atoms with Crippen molar-refractivity contribution < 1.29 is 22.4 Å². The molecule has 150 valence electrons. The monoisotopic (exact) mass is 407 g/mol. The Morgan fingerprint density at radius 2 is 1.79 bits per heavy atom. The van der Waals surface area contributed by atoms with E-state index in [0.717, 1.165) is 16.6 Å². The summed E-state index contributed by atoms with van der Waals surface area (Å²) in [6.07, 6.45) is 0.926. The van der Waals surface area contributed by atoms with Crippen LogP contribution in [0.5, 0.6) is 0 Å². The molecule has 2 aromatic rings. The van der Waals surface area contributed by atoms with Gasteiger partial charge in [-0.2, -0.15) is 0 Å². The zero-order valence-corrected chi connectivity index (χ0v) is 16.6. The average molecular weight is 407 g/mol. The Kier molecular flexibility index (Phi) is 6.74. The van der Waals surface area contributed by atoms with Crippen LogP contribution in [0.1, 0.15) is 24.2 Å². The molecule has 0 saturated carbocycles. The quantitative estimate of drug-likeness (QED) is 0.737. The van der Waals surface area contributed by atoms with Crippen molar-refractivity contribution in [3.05, 3.63) is 59.9 Å². The van der Waals surface area contributed by atoms with Crippen molar-refractivity contribution in [3.63, 3.8) is 0 Å². The van der Waals surface area contributed by atoms with E-state index < -0.39 is 28.3 Å². The molecule has 0 unspecified atom stereocenters. The molecule has 0 aliphatic rings.